The molecule has 0 fully saturated rings. The normalized spacial score (nSPS) is 16.2. The topological polar surface area (TPSA) is 34.0 Å². The second kappa shape index (κ2) is 3.49. The maximum Gasteiger partial charge on any atom is 0.236 e. The quantitative estimate of drug-likeness (QED) is 0.702. The average Bonchev–Trinajstić information content (AvgIpc) is 2.58. The van der Waals surface area contributed by atoms with Crippen LogP contribution in [0.4, 0.5) is 0 Å². The predicted molar refractivity (Wildman–Crippen MR) is 59.9 cm³/mol. The van der Waals surface area contributed by atoms with Gasteiger partial charge in [0.25, 0.3) is 0 Å². The van der Waals surface area contributed by atoms with E-state index < -0.39 is 0 Å². The molecule has 3 heteroatoms. The number of nitrogens with zero attached hydrogens (tertiary/aromatic N) is 1. The lowest BCUT2D eigenvalue weighted by molar-refractivity contribution is 0.0763. The molecule has 0 aliphatic carbocycles. The predicted octanol–water partition coefficient (Wildman–Crippen LogP) is 1.82. The summed E-state index contributed by atoms with van der Waals surface area (Å²) < 4.78 is 1.83. The van der Waals surface area contributed by atoms with Gasteiger partial charge in [-0.25, -0.2) is 0 Å². The molecule has 2 rings (SSSR count). The summed E-state index contributed by atoms with van der Waals surface area (Å²) in [6.45, 7) is 7.74. The van der Waals surface area contributed by atoms with Gasteiger partial charge in [-0.15, -0.1) is 0 Å². The molecule has 15 heavy (non-hydrogen) atoms. The first kappa shape index (κ1) is 10.4. The smallest absolute Gasteiger partial charge is 0.236 e. The molecule has 1 aromatic heterocycles. The summed E-state index contributed by atoms with van der Waals surface area (Å²) in [7, 11) is 0. The van der Waals surface area contributed by atoms with E-state index in [-0.39, 0.29) is 11.3 Å². The van der Waals surface area contributed by atoms with E-state index in [0.717, 1.165) is 19.5 Å². The molecule has 0 aromatic carbocycles. The Morgan fingerprint density at radius 3 is 2.87 bits per heavy atom. The van der Waals surface area contributed by atoms with Gasteiger partial charge in [-0.05, 0) is 11.6 Å². The summed E-state index contributed by atoms with van der Waals surface area (Å²) in [6, 6.07) is 2.05. The van der Waals surface area contributed by atoms with Crippen LogP contribution in [0, 0.1) is 5.41 Å². The monoisotopic (exact) mass is 206 g/mol. The Morgan fingerprint density at radius 2 is 2.20 bits per heavy atom. The summed E-state index contributed by atoms with van der Waals surface area (Å²) in [4.78, 5) is 12.1. The molecule has 0 amide bonds. The van der Waals surface area contributed by atoms with Crippen LogP contribution in [0.15, 0.2) is 12.3 Å². The minimum absolute atomic E-state index is 0.186. The highest BCUT2D eigenvalue weighted by molar-refractivity contribution is 5.85. The van der Waals surface area contributed by atoms with Crippen molar-refractivity contribution in [2.24, 2.45) is 5.41 Å². The van der Waals surface area contributed by atoms with Gasteiger partial charge in [-0.1, -0.05) is 20.8 Å². The molecule has 0 saturated carbocycles. The van der Waals surface area contributed by atoms with Gasteiger partial charge in [-0.3, -0.25) is 9.36 Å². The Labute approximate surface area is 90.5 Å². The van der Waals surface area contributed by atoms with E-state index in [1.807, 2.05) is 37.6 Å². The molecule has 82 valence electrons. The number of carbonyl (C=O) groups is 1. The molecule has 0 saturated heterocycles. The maximum atomic E-state index is 12.1. The zero-order valence-corrected chi connectivity index (χ0v) is 9.63. The Kier molecular flexibility index (Phi) is 2.43. The number of fused-ring (bicyclic) bond motifs is 1. The zero-order valence-electron chi connectivity index (χ0n) is 9.63. The fourth-order valence-corrected chi connectivity index (χ4v) is 1.93. The van der Waals surface area contributed by atoms with Crippen molar-refractivity contribution in [3.63, 3.8) is 0 Å². The van der Waals surface area contributed by atoms with Gasteiger partial charge in [0.1, 0.15) is 0 Å². The standard InChI is InChI=1S/C12H18N2O/c1-12(2,3)11(15)14-7-5-9-8-13-6-4-10(9)14/h5,7,13H,4,6,8H2,1-3H3. The van der Waals surface area contributed by atoms with Gasteiger partial charge < -0.3 is 5.32 Å². The van der Waals surface area contributed by atoms with Gasteiger partial charge in [-0.2, -0.15) is 0 Å². The third-order valence-corrected chi connectivity index (χ3v) is 2.80. The third-order valence-electron chi connectivity index (χ3n) is 2.80. The molecule has 0 radical (unpaired) electrons. The van der Waals surface area contributed by atoms with Gasteiger partial charge >= 0.3 is 0 Å². The maximum absolute atomic E-state index is 12.1. The number of rotatable bonds is 0. The minimum Gasteiger partial charge on any atom is -0.312 e. The Hall–Kier alpha value is -1.09. The van der Waals surface area contributed by atoms with Crippen LogP contribution in [-0.4, -0.2) is 17.0 Å². The second-order valence-corrected chi connectivity index (χ2v) is 5.14. The summed E-state index contributed by atoms with van der Waals surface area (Å²) in [5.41, 5.74) is 2.14. The molecule has 1 aliphatic rings. The molecular formula is C12H18N2O. The van der Waals surface area contributed by atoms with Crippen LogP contribution in [0.3, 0.4) is 0 Å². The van der Waals surface area contributed by atoms with Crippen molar-refractivity contribution < 1.29 is 4.79 Å². The van der Waals surface area contributed by atoms with Gasteiger partial charge in [0.2, 0.25) is 5.91 Å². The first-order chi connectivity index (χ1) is 7.00. The lowest BCUT2D eigenvalue weighted by atomic mass is 9.95. The molecule has 0 spiro atoms. The Morgan fingerprint density at radius 1 is 1.47 bits per heavy atom. The van der Waals surface area contributed by atoms with Crippen LogP contribution in [0.1, 0.15) is 36.8 Å². The number of aromatic nitrogens is 1. The fraction of sp³-hybridized carbons (Fsp3) is 0.583. The molecule has 1 N–H and O–H groups in total. The van der Waals surface area contributed by atoms with E-state index in [1.54, 1.807) is 0 Å². The van der Waals surface area contributed by atoms with Crippen molar-refractivity contribution in [1.29, 1.82) is 0 Å². The van der Waals surface area contributed by atoms with Crippen LogP contribution in [-0.2, 0) is 13.0 Å². The average molecular weight is 206 g/mol. The van der Waals surface area contributed by atoms with Crippen LogP contribution < -0.4 is 5.32 Å². The van der Waals surface area contributed by atoms with Crippen molar-refractivity contribution in [2.45, 2.75) is 33.7 Å². The van der Waals surface area contributed by atoms with Crippen molar-refractivity contribution >= 4 is 5.91 Å². The summed E-state index contributed by atoms with van der Waals surface area (Å²) in [5.74, 6) is 0.186. The molecule has 0 unspecified atom stereocenters. The number of nitrogens with one attached hydrogen (secondary N) is 1. The molecule has 2 heterocycles. The Bertz CT molecular complexity index is 385. The van der Waals surface area contributed by atoms with Crippen LogP contribution in [0.2, 0.25) is 0 Å². The minimum atomic E-state index is -0.308. The van der Waals surface area contributed by atoms with Crippen LogP contribution in [0.5, 0.6) is 0 Å². The summed E-state index contributed by atoms with van der Waals surface area (Å²) in [6.07, 6.45) is 2.86. The van der Waals surface area contributed by atoms with Crippen molar-refractivity contribution in [3.8, 4) is 0 Å². The molecule has 0 atom stereocenters. The largest absolute Gasteiger partial charge is 0.312 e. The number of hydrogen-bond donors (Lipinski definition) is 1. The molecule has 3 nitrogen and oxygen atoms in total. The van der Waals surface area contributed by atoms with E-state index in [4.69, 9.17) is 0 Å². The van der Waals surface area contributed by atoms with Crippen LogP contribution in [0.25, 0.3) is 0 Å². The highest BCUT2D eigenvalue weighted by atomic mass is 16.2. The van der Waals surface area contributed by atoms with E-state index in [9.17, 15) is 4.79 Å². The van der Waals surface area contributed by atoms with Crippen molar-refractivity contribution in [3.05, 3.63) is 23.5 Å². The van der Waals surface area contributed by atoms with Crippen molar-refractivity contribution in [2.75, 3.05) is 6.54 Å². The highest BCUT2D eigenvalue weighted by Gasteiger charge is 2.26. The summed E-state index contributed by atoms with van der Waals surface area (Å²) in [5, 5.41) is 3.31. The number of carbonyl (C=O) groups excluding carboxylic acids is 1. The Balaban J connectivity index is 2.37. The first-order valence-corrected chi connectivity index (χ1v) is 5.45. The molecule has 0 bridgehead atoms. The molecule has 1 aliphatic heterocycles. The second-order valence-electron chi connectivity index (χ2n) is 5.14. The van der Waals surface area contributed by atoms with Gasteiger partial charge in [0.15, 0.2) is 0 Å². The summed E-state index contributed by atoms with van der Waals surface area (Å²) >= 11 is 0. The highest BCUT2D eigenvalue weighted by Crippen LogP contribution is 2.22. The van der Waals surface area contributed by atoms with E-state index in [1.165, 1.54) is 11.3 Å². The lowest BCUT2D eigenvalue weighted by Gasteiger charge is -2.21. The van der Waals surface area contributed by atoms with Crippen LogP contribution >= 0.6 is 0 Å². The van der Waals surface area contributed by atoms with E-state index in [2.05, 4.69) is 5.32 Å². The van der Waals surface area contributed by atoms with E-state index >= 15 is 0 Å². The SMILES string of the molecule is CC(C)(C)C(=O)n1ccc2c1CCNC2. The van der Waals surface area contributed by atoms with E-state index in [0.29, 0.717) is 0 Å². The lowest BCUT2D eigenvalue weighted by Crippen LogP contribution is -2.31. The molecular weight excluding hydrogens is 188 g/mol. The van der Waals surface area contributed by atoms with Gasteiger partial charge in [0, 0.05) is 36.8 Å². The molecule has 1 aromatic rings. The number of hydrogen-bond acceptors (Lipinski definition) is 2. The zero-order chi connectivity index (χ0) is 11.1. The fourth-order valence-electron chi connectivity index (χ4n) is 1.93. The third kappa shape index (κ3) is 1.84. The van der Waals surface area contributed by atoms with Crippen molar-refractivity contribution in [1.82, 2.24) is 9.88 Å². The van der Waals surface area contributed by atoms with Gasteiger partial charge in [0.05, 0.1) is 0 Å². The first-order valence-electron chi connectivity index (χ1n) is 5.45.